The van der Waals surface area contributed by atoms with E-state index in [-0.39, 0.29) is 0 Å². The molecule has 102 valence electrons. The molecule has 3 aromatic rings. The molecule has 0 amide bonds. The van der Waals surface area contributed by atoms with Gasteiger partial charge in [0.15, 0.2) is 10.8 Å². The Morgan fingerprint density at radius 3 is 2.85 bits per heavy atom. The molecule has 0 spiro atoms. The number of aliphatic hydroxyl groups excluding tert-OH is 1. The number of nitrogens with zero attached hydrogens (tertiary/aromatic N) is 3. The summed E-state index contributed by atoms with van der Waals surface area (Å²) >= 11 is 7.65. The summed E-state index contributed by atoms with van der Waals surface area (Å²) in [5.41, 5.74) is 1.53. The van der Waals surface area contributed by atoms with Gasteiger partial charge in [0.1, 0.15) is 0 Å². The van der Waals surface area contributed by atoms with Crippen LogP contribution in [0.2, 0.25) is 5.02 Å². The second-order valence-electron chi connectivity index (χ2n) is 4.37. The van der Waals surface area contributed by atoms with Crippen molar-refractivity contribution in [3.8, 4) is 0 Å². The smallest absolute Gasteiger partial charge is 0.200 e. The van der Waals surface area contributed by atoms with Gasteiger partial charge < -0.3 is 5.11 Å². The molecule has 0 aliphatic rings. The zero-order valence-electron chi connectivity index (χ0n) is 10.7. The number of benzene rings is 1. The summed E-state index contributed by atoms with van der Waals surface area (Å²) in [4.78, 5) is 0.956. The summed E-state index contributed by atoms with van der Waals surface area (Å²) in [7, 11) is 0. The first kappa shape index (κ1) is 13.4. The van der Waals surface area contributed by atoms with Crippen LogP contribution in [0.1, 0.15) is 18.6 Å². The predicted molar refractivity (Wildman–Crippen MR) is 79.2 cm³/mol. The van der Waals surface area contributed by atoms with Gasteiger partial charge >= 0.3 is 0 Å². The Bertz CT molecular complexity index is 757. The zero-order chi connectivity index (χ0) is 14.1. The van der Waals surface area contributed by atoms with Crippen LogP contribution in [-0.4, -0.2) is 19.7 Å². The van der Waals surface area contributed by atoms with Crippen molar-refractivity contribution in [2.24, 2.45) is 0 Å². The van der Waals surface area contributed by atoms with E-state index >= 15 is 0 Å². The average molecular weight is 306 g/mol. The molecular weight excluding hydrogens is 294 g/mol. The van der Waals surface area contributed by atoms with Gasteiger partial charge in [0, 0.05) is 16.1 Å². The monoisotopic (exact) mass is 305 g/mol. The first-order valence-electron chi connectivity index (χ1n) is 6.10. The van der Waals surface area contributed by atoms with E-state index < -0.39 is 6.10 Å². The Kier molecular flexibility index (Phi) is 3.65. The molecule has 1 N–H and O–H groups in total. The maximum absolute atomic E-state index is 9.58. The fraction of sp³-hybridized carbons (Fsp3) is 0.143. The molecule has 6 heteroatoms. The van der Waals surface area contributed by atoms with E-state index in [1.165, 1.54) is 11.8 Å². The lowest BCUT2D eigenvalue weighted by Gasteiger charge is -2.08. The summed E-state index contributed by atoms with van der Waals surface area (Å²) in [6.45, 7) is 1.69. The van der Waals surface area contributed by atoms with Crippen LogP contribution in [0.4, 0.5) is 0 Å². The number of fused-ring (bicyclic) bond motifs is 1. The van der Waals surface area contributed by atoms with Gasteiger partial charge in [-0.2, -0.15) is 0 Å². The van der Waals surface area contributed by atoms with Crippen LogP contribution < -0.4 is 0 Å². The maximum Gasteiger partial charge on any atom is 0.200 e. The van der Waals surface area contributed by atoms with E-state index in [1.54, 1.807) is 6.92 Å². The third-order valence-corrected chi connectivity index (χ3v) is 4.19. The number of hydrogen-bond acceptors (Lipinski definition) is 4. The van der Waals surface area contributed by atoms with Crippen LogP contribution in [-0.2, 0) is 0 Å². The fourth-order valence-electron chi connectivity index (χ4n) is 1.90. The van der Waals surface area contributed by atoms with Gasteiger partial charge in [-0.25, -0.2) is 0 Å². The second kappa shape index (κ2) is 5.44. The van der Waals surface area contributed by atoms with Crippen LogP contribution in [0.5, 0.6) is 0 Å². The molecule has 1 aromatic carbocycles. The minimum atomic E-state index is -0.574. The molecule has 0 fully saturated rings. The Hall–Kier alpha value is -1.56. The van der Waals surface area contributed by atoms with Gasteiger partial charge in [-0.3, -0.25) is 4.40 Å². The number of halogens is 1. The Morgan fingerprint density at radius 1 is 1.25 bits per heavy atom. The Labute approximate surface area is 125 Å². The topological polar surface area (TPSA) is 50.4 Å². The number of hydrogen-bond donors (Lipinski definition) is 1. The highest BCUT2D eigenvalue weighted by atomic mass is 35.5. The van der Waals surface area contributed by atoms with Crippen molar-refractivity contribution < 1.29 is 5.11 Å². The fourth-order valence-corrected chi connectivity index (χ4v) is 3.17. The molecule has 0 bridgehead atoms. The molecule has 0 aliphatic heterocycles. The summed E-state index contributed by atoms with van der Waals surface area (Å²) in [5.74, 6) is 0. The molecule has 2 heterocycles. The molecule has 0 aliphatic carbocycles. The van der Waals surface area contributed by atoms with Crippen LogP contribution in [0.15, 0.2) is 52.6 Å². The molecule has 3 rings (SSSR count). The molecule has 20 heavy (non-hydrogen) atoms. The van der Waals surface area contributed by atoms with E-state index in [2.05, 4.69) is 10.2 Å². The van der Waals surface area contributed by atoms with Crippen molar-refractivity contribution in [2.75, 3.05) is 0 Å². The molecular formula is C14H12ClN3OS. The van der Waals surface area contributed by atoms with E-state index in [4.69, 9.17) is 11.6 Å². The second-order valence-corrected chi connectivity index (χ2v) is 5.82. The van der Waals surface area contributed by atoms with Gasteiger partial charge in [0.25, 0.3) is 0 Å². The minimum Gasteiger partial charge on any atom is -0.389 e. The van der Waals surface area contributed by atoms with Crippen molar-refractivity contribution in [1.82, 2.24) is 14.6 Å². The number of rotatable bonds is 3. The highest BCUT2D eigenvalue weighted by molar-refractivity contribution is 7.99. The third kappa shape index (κ3) is 2.52. The maximum atomic E-state index is 9.58. The van der Waals surface area contributed by atoms with Crippen molar-refractivity contribution in [3.05, 3.63) is 53.2 Å². The molecule has 4 nitrogen and oxygen atoms in total. The van der Waals surface area contributed by atoms with Gasteiger partial charge in [0.05, 0.1) is 6.10 Å². The largest absolute Gasteiger partial charge is 0.389 e. The molecule has 1 unspecified atom stereocenters. The van der Waals surface area contributed by atoms with Crippen molar-refractivity contribution in [3.63, 3.8) is 0 Å². The van der Waals surface area contributed by atoms with E-state index in [0.717, 1.165) is 21.3 Å². The highest BCUT2D eigenvalue weighted by Crippen LogP contribution is 2.31. The van der Waals surface area contributed by atoms with E-state index in [1.807, 2.05) is 47.0 Å². The van der Waals surface area contributed by atoms with Gasteiger partial charge in [-0.1, -0.05) is 23.7 Å². The van der Waals surface area contributed by atoms with Gasteiger partial charge in [0.2, 0.25) is 0 Å². The predicted octanol–water partition coefficient (Wildman–Crippen LogP) is 3.59. The summed E-state index contributed by atoms with van der Waals surface area (Å²) in [6.07, 6.45) is 1.35. The standard InChI is InChI=1S/C14H12ClN3OS/c1-9(19)11-6-5-10(8-12(11)15)20-14-17-16-13-4-2-3-7-18(13)14/h2-9,19H,1H3. The molecule has 0 saturated carbocycles. The number of aromatic nitrogens is 3. The number of aliphatic hydroxyl groups is 1. The van der Waals surface area contributed by atoms with Crippen molar-refractivity contribution in [1.29, 1.82) is 0 Å². The Balaban J connectivity index is 1.93. The lowest BCUT2D eigenvalue weighted by molar-refractivity contribution is 0.199. The normalized spacial score (nSPS) is 12.8. The lowest BCUT2D eigenvalue weighted by Crippen LogP contribution is -1.92. The van der Waals surface area contributed by atoms with Crippen molar-refractivity contribution >= 4 is 29.0 Å². The first-order chi connectivity index (χ1) is 9.65. The van der Waals surface area contributed by atoms with Crippen LogP contribution in [0.3, 0.4) is 0 Å². The molecule has 0 saturated heterocycles. The van der Waals surface area contributed by atoms with Crippen LogP contribution in [0, 0.1) is 0 Å². The quantitative estimate of drug-likeness (QED) is 0.803. The first-order valence-corrected chi connectivity index (χ1v) is 7.30. The van der Waals surface area contributed by atoms with E-state index in [0.29, 0.717) is 5.02 Å². The van der Waals surface area contributed by atoms with E-state index in [9.17, 15) is 5.11 Å². The summed E-state index contributed by atoms with van der Waals surface area (Å²) < 4.78 is 1.92. The van der Waals surface area contributed by atoms with Crippen LogP contribution >= 0.6 is 23.4 Å². The third-order valence-electron chi connectivity index (χ3n) is 2.91. The van der Waals surface area contributed by atoms with Gasteiger partial charge in [-0.05, 0) is 48.5 Å². The molecule has 2 aromatic heterocycles. The summed E-state index contributed by atoms with van der Waals surface area (Å²) in [5, 5.41) is 19.2. The molecule has 0 radical (unpaired) electrons. The number of pyridine rings is 1. The minimum absolute atomic E-state index is 0.554. The Morgan fingerprint density at radius 2 is 2.10 bits per heavy atom. The van der Waals surface area contributed by atoms with Crippen molar-refractivity contribution in [2.45, 2.75) is 23.1 Å². The summed E-state index contributed by atoms with van der Waals surface area (Å²) in [6, 6.07) is 11.3. The zero-order valence-corrected chi connectivity index (χ0v) is 12.3. The SMILES string of the molecule is CC(O)c1ccc(Sc2nnc3ccccn23)cc1Cl. The average Bonchev–Trinajstić information content (AvgIpc) is 2.82. The molecule has 1 atom stereocenters. The van der Waals surface area contributed by atoms with Gasteiger partial charge in [-0.15, -0.1) is 10.2 Å². The lowest BCUT2D eigenvalue weighted by atomic mass is 10.1. The van der Waals surface area contributed by atoms with Crippen LogP contribution in [0.25, 0.3) is 5.65 Å². The highest BCUT2D eigenvalue weighted by Gasteiger charge is 2.10.